The molecule has 1 fully saturated rings. The van der Waals surface area contributed by atoms with E-state index in [0.717, 1.165) is 25.7 Å². The Morgan fingerprint density at radius 1 is 1.50 bits per heavy atom. The van der Waals surface area contributed by atoms with E-state index in [4.69, 9.17) is 5.11 Å². The molecule has 2 rings (SSSR count). The summed E-state index contributed by atoms with van der Waals surface area (Å²) < 4.78 is 4.55. The fraction of sp³-hybridized carbons (Fsp3) is 0.583. The Labute approximate surface area is 116 Å². The quantitative estimate of drug-likeness (QED) is 0.757. The van der Waals surface area contributed by atoms with Crippen molar-refractivity contribution in [2.75, 3.05) is 40.3 Å². The van der Waals surface area contributed by atoms with Crippen LogP contribution in [0.15, 0.2) is 10.6 Å². The van der Waals surface area contributed by atoms with Crippen LogP contribution in [0.2, 0.25) is 0 Å². The number of aromatic nitrogens is 1. The fourth-order valence-electron chi connectivity index (χ4n) is 2.11. The Hall–Kier alpha value is -1.93. The molecule has 0 aromatic carbocycles. The molecule has 1 aromatic rings. The lowest BCUT2D eigenvalue weighted by Gasteiger charge is -2.37. The highest BCUT2D eigenvalue weighted by atomic mass is 16.5. The van der Waals surface area contributed by atoms with Gasteiger partial charge in [-0.05, 0) is 14.1 Å². The van der Waals surface area contributed by atoms with Crippen LogP contribution in [0.4, 0.5) is 0 Å². The van der Waals surface area contributed by atoms with Gasteiger partial charge < -0.3 is 19.8 Å². The van der Waals surface area contributed by atoms with Crippen LogP contribution in [0.1, 0.15) is 21.0 Å². The number of carboxylic acids is 1. The van der Waals surface area contributed by atoms with Crippen molar-refractivity contribution in [1.82, 2.24) is 20.3 Å². The number of hydrogen-bond donors (Lipinski definition) is 2. The van der Waals surface area contributed by atoms with Crippen molar-refractivity contribution in [2.45, 2.75) is 6.04 Å². The van der Waals surface area contributed by atoms with E-state index in [2.05, 4.69) is 24.8 Å². The number of amides is 1. The maximum Gasteiger partial charge on any atom is 0.374 e. The number of carbonyl (C=O) groups is 2. The summed E-state index contributed by atoms with van der Waals surface area (Å²) in [6.45, 7) is 3.31. The standard InChI is InChI=1S/C12H18N4O4/c1-15-3-4-16(2)8(7-15)6-13-11(17)9-5-10(12(18)19)20-14-9/h5,8H,3-4,6-7H2,1-2H3,(H,13,17)(H,18,19). The zero-order valence-electron chi connectivity index (χ0n) is 11.5. The van der Waals surface area contributed by atoms with E-state index < -0.39 is 11.9 Å². The number of nitrogens with zero attached hydrogens (tertiary/aromatic N) is 3. The number of aromatic carboxylic acids is 1. The molecule has 0 aliphatic carbocycles. The molecule has 1 saturated heterocycles. The van der Waals surface area contributed by atoms with Crippen molar-refractivity contribution in [3.63, 3.8) is 0 Å². The minimum atomic E-state index is -1.25. The van der Waals surface area contributed by atoms with E-state index >= 15 is 0 Å². The van der Waals surface area contributed by atoms with Crippen molar-refractivity contribution in [3.8, 4) is 0 Å². The largest absolute Gasteiger partial charge is 0.475 e. The first-order chi connectivity index (χ1) is 9.47. The fourth-order valence-corrected chi connectivity index (χ4v) is 2.11. The Bertz CT molecular complexity index is 501. The zero-order chi connectivity index (χ0) is 14.7. The predicted molar refractivity (Wildman–Crippen MR) is 69.7 cm³/mol. The molecule has 20 heavy (non-hydrogen) atoms. The van der Waals surface area contributed by atoms with Gasteiger partial charge in [-0.2, -0.15) is 0 Å². The minimum Gasteiger partial charge on any atom is -0.475 e. The number of carbonyl (C=O) groups excluding carboxylic acids is 1. The maximum absolute atomic E-state index is 11.9. The molecular weight excluding hydrogens is 264 g/mol. The van der Waals surface area contributed by atoms with Gasteiger partial charge in [-0.1, -0.05) is 5.16 Å². The lowest BCUT2D eigenvalue weighted by atomic mass is 10.2. The second kappa shape index (κ2) is 6.02. The Morgan fingerprint density at radius 3 is 2.90 bits per heavy atom. The van der Waals surface area contributed by atoms with Gasteiger partial charge in [0, 0.05) is 38.3 Å². The van der Waals surface area contributed by atoms with Gasteiger partial charge in [-0.15, -0.1) is 0 Å². The number of nitrogens with one attached hydrogen (secondary N) is 1. The van der Waals surface area contributed by atoms with Gasteiger partial charge in [-0.25, -0.2) is 4.79 Å². The number of rotatable bonds is 4. The van der Waals surface area contributed by atoms with E-state index in [-0.39, 0.29) is 17.5 Å². The third-order valence-electron chi connectivity index (χ3n) is 3.43. The summed E-state index contributed by atoms with van der Waals surface area (Å²) in [6, 6.07) is 1.34. The lowest BCUT2D eigenvalue weighted by Crippen LogP contribution is -2.54. The molecule has 8 nitrogen and oxygen atoms in total. The van der Waals surface area contributed by atoms with E-state index in [1.54, 1.807) is 0 Å². The van der Waals surface area contributed by atoms with Gasteiger partial charge in [0.1, 0.15) is 0 Å². The molecule has 1 aliphatic rings. The van der Waals surface area contributed by atoms with Crippen LogP contribution in [0.3, 0.4) is 0 Å². The first-order valence-corrected chi connectivity index (χ1v) is 6.34. The van der Waals surface area contributed by atoms with Crippen LogP contribution in [-0.2, 0) is 0 Å². The highest BCUT2D eigenvalue weighted by molar-refractivity contribution is 5.94. The topological polar surface area (TPSA) is 98.9 Å². The number of likely N-dealkylation sites (N-methyl/N-ethyl adjacent to an activating group) is 2. The highest BCUT2D eigenvalue weighted by Crippen LogP contribution is 2.06. The smallest absolute Gasteiger partial charge is 0.374 e. The molecule has 110 valence electrons. The summed E-state index contributed by atoms with van der Waals surface area (Å²) >= 11 is 0. The van der Waals surface area contributed by atoms with Gasteiger partial charge in [-0.3, -0.25) is 9.69 Å². The Balaban J connectivity index is 1.89. The first kappa shape index (κ1) is 14.5. The molecule has 1 amide bonds. The number of carboxylic acid groups (broad SMARTS) is 1. The molecule has 2 heterocycles. The molecule has 1 unspecified atom stereocenters. The third-order valence-corrected chi connectivity index (χ3v) is 3.43. The van der Waals surface area contributed by atoms with E-state index in [1.165, 1.54) is 0 Å². The molecule has 1 aromatic heterocycles. The van der Waals surface area contributed by atoms with Gasteiger partial charge in [0.2, 0.25) is 5.76 Å². The van der Waals surface area contributed by atoms with Gasteiger partial charge in [0.15, 0.2) is 5.69 Å². The van der Waals surface area contributed by atoms with Crippen LogP contribution in [0, 0.1) is 0 Å². The number of hydrogen-bond acceptors (Lipinski definition) is 6. The van der Waals surface area contributed by atoms with Crippen molar-refractivity contribution in [2.24, 2.45) is 0 Å². The van der Waals surface area contributed by atoms with Gasteiger partial charge in [0.05, 0.1) is 0 Å². The first-order valence-electron chi connectivity index (χ1n) is 6.34. The van der Waals surface area contributed by atoms with Crippen molar-refractivity contribution < 1.29 is 19.2 Å². The SMILES string of the molecule is CN1CCN(C)C(CNC(=O)c2cc(C(=O)O)on2)C1. The van der Waals surface area contributed by atoms with Crippen LogP contribution in [0.25, 0.3) is 0 Å². The summed E-state index contributed by atoms with van der Waals surface area (Å²) in [6.07, 6.45) is 0. The third kappa shape index (κ3) is 3.34. The van der Waals surface area contributed by atoms with Crippen molar-refractivity contribution in [3.05, 3.63) is 17.5 Å². The van der Waals surface area contributed by atoms with E-state index in [9.17, 15) is 9.59 Å². The Kier molecular flexibility index (Phi) is 4.35. The highest BCUT2D eigenvalue weighted by Gasteiger charge is 2.23. The second-order valence-electron chi connectivity index (χ2n) is 4.99. The molecule has 0 bridgehead atoms. The van der Waals surface area contributed by atoms with Crippen LogP contribution < -0.4 is 5.32 Å². The summed E-state index contributed by atoms with van der Waals surface area (Å²) in [5, 5.41) is 14.9. The normalized spacial score (nSPS) is 20.8. The molecule has 0 radical (unpaired) electrons. The van der Waals surface area contributed by atoms with Crippen LogP contribution in [-0.4, -0.2) is 78.3 Å². The molecule has 8 heteroatoms. The average molecular weight is 282 g/mol. The summed E-state index contributed by atoms with van der Waals surface area (Å²) in [5.74, 6) is -2.02. The summed E-state index contributed by atoms with van der Waals surface area (Å²) in [5.41, 5.74) is -0.0192. The zero-order valence-corrected chi connectivity index (χ0v) is 11.5. The van der Waals surface area contributed by atoms with Crippen LogP contribution in [0.5, 0.6) is 0 Å². The molecule has 1 aliphatic heterocycles. The molecule has 2 N–H and O–H groups in total. The van der Waals surface area contributed by atoms with Gasteiger partial charge in [0.25, 0.3) is 5.91 Å². The van der Waals surface area contributed by atoms with E-state index in [1.807, 2.05) is 14.1 Å². The molecular formula is C12H18N4O4. The number of piperazine rings is 1. The van der Waals surface area contributed by atoms with Gasteiger partial charge >= 0.3 is 5.97 Å². The second-order valence-corrected chi connectivity index (χ2v) is 4.99. The molecule has 0 saturated carbocycles. The Morgan fingerprint density at radius 2 is 2.25 bits per heavy atom. The van der Waals surface area contributed by atoms with E-state index in [0.29, 0.717) is 6.54 Å². The summed E-state index contributed by atoms with van der Waals surface area (Å²) in [7, 11) is 4.06. The lowest BCUT2D eigenvalue weighted by molar-refractivity contribution is 0.0650. The predicted octanol–water partition coefficient (Wildman–Crippen LogP) is -0.652. The monoisotopic (exact) mass is 282 g/mol. The maximum atomic E-state index is 11.9. The average Bonchev–Trinajstić information content (AvgIpc) is 2.89. The molecule has 1 atom stereocenters. The van der Waals surface area contributed by atoms with Crippen LogP contribution >= 0.6 is 0 Å². The van der Waals surface area contributed by atoms with Crippen molar-refractivity contribution in [1.29, 1.82) is 0 Å². The van der Waals surface area contributed by atoms with Crippen molar-refractivity contribution >= 4 is 11.9 Å². The minimum absolute atomic E-state index is 0.0192. The molecule has 0 spiro atoms. The summed E-state index contributed by atoms with van der Waals surface area (Å²) in [4.78, 5) is 26.9.